The van der Waals surface area contributed by atoms with Gasteiger partial charge in [-0.1, -0.05) is 0 Å². The standard InChI is InChI=1S/C12H18N4O4/c17-11(18)10-7-16(8-14-10)4-3-13-12(19)15-9-1-5-20-6-2-9/h7-9H,1-6H2,(H,17,18)(H2,13,15,19). The normalized spacial score (nSPS) is 15.8. The highest BCUT2D eigenvalue weighted by atomic mass is 16.5. The first-order chi connectivity index (χ1) is 9.65. The van der Waals surface area contributed by atoms with Crippen LogP contribution in [0.5, 0.6) is 0 Å². The topological polar surface area (TPSA) is 105 Å². The second kappa shape index (κ2) is 6.90. The third-order valence-electron chi connectivity index (χ3n) is 3.06. The molecule has 1 aromatic rings. The van der Waals surface area contributed by atoms with Crippen molar-refractivity contribution < 1.29 is 19.4 Å². The molecule has 20 heavy (non-hydrogen) atoms. The molecule has 0 unspecified atom stereocenters. The summed E-state index contributed by atoms with van der Waals surface area (Å²) in [7, 11) is 0. The molecule has 1 saturated heterocycles. The van der Waals surface area contributed by atoms with Crippen LogP contribution in [0.25, 0.3) is 0 Å². The minimum absolute atomic E-state index is 0.00310. The van der Waals surface area contributed by atoms with Gasteiger partial charge in [-0.25, -0.2) is 14.6 Å². The molecule has 2 amide bonds. The lowest BCUT2D eigenvalue weighted by molar-refractivity contribution is 0.0690. The zero-order valence-corrected chi connectivity index (χ0v) is 11.0. The number of nitrogens with zero attached hydrogens (tertiary/aromatic N) is 2. The van der Waals surface area contributed by atoms with E-state index >= 15 is 0 Å². The lowest BCUT2D eigenvalue weighted by Gasteiger charge is -2.23. The number of carboxylic acid groups (broad SMARTS) is 1. The van der Waals surface area contributed by atoms with E-state index in [9.17, 15) is 9.59 Å². The molecule has 110 valence electrons. The lowest BCUT2D eigenvalue weighted by Crippen LogP contribution is -2.45. The highest BCUT2D eigenvalue weighted by molar-refractivity contribution is 5.84. The number of hydrogen-bond donors (Lipinski definition) is 3. The van der Waals surface area contributed by atoms with Crippen molar-refractivity contribution >= 4 is 12.0 Å². The SMILES string of the molecule is O=C(NCCn1cnc(C(=O)O)c1)NC1CCOCC1. The number of ether oxygens (including phenoxy) is 1. The Morgan fingerprint density at radius 1 is 1.45 bits per heavy atom. The van der Waals surface area contributed by atoms with Crippen LogP contribution in [0.1, 0.15) is 23.3 Å². The molecule has 0 aromatic carbocycles. The quantitative estimate of drug-likeness (QED) is 0.708. The zero-order chi connectivity index (χ0) is 14.4. The first-order valence-corrected chi connectivity index (χ1v) is 6.52. The van der Waals surface area contributed by atoms with Crippen molar-refractivity contribution in [2.75, 3.05) is 19.8 Å². The average molecular weight is 282 g/mol. The van der Waals surface area contributed by atoms with E-state index in [4.69, 9.17) is 9.84 Å². The van der Waals surface area contributed by atoms with E-state index in [0.29, 0.717) is 26.3 Å². The van der Waals surface area contributed by atoms with Crippen molar-refractivity contribution in [3.8, 4) is 0 Å². The third kappa shape index (κ3) is 4.23. The number of nitrogens with one attached hydrogen (secondary N) is 2. The highest BCUT2D eigenvalue weighted by Gasteiger charge is 2.15. The molecule has 2 rings (SSSR count). The first kappa shape index (κ1) is 14.3. The van der Waals surface area contributed by atoms with Crippen molar-refractivity contribution in [3.05, 3.63) is 18.2 Å². The molecule has 0 atom stereocenters. The maximum absolute atomic E-state index is 11.6. The molecule has 1 aromatic heterocycles. The Bertz CT molecular complexity index is 468. The Kier molecular flexibility index (Phi) is 4.94. The minimum Gasteiger partial charge on any atom is -0.476 e. The zero-order valence-electron chi connectivity index (χ0n) is 11.0. The second-order valence-electron chi connectivity index (χ2n) is 4.59. The monoisotopic (exact) mass is 282 g/mol. The second-order valence-corrected chi connectivity index (χ2v) is 4.59. The van der Waals surface area contributed by atoms with Crippen LogP contribution in [-0.2, 0) is 11.3 Å². The van der Waals surface area contributed by atoms with Crippen molar-refractivity contribution in [1.82, 2.24) is 20.2 Å². The molecule has 0 bridgehead atoms. The van der Waals surface area contributed by atoms with Crippen LogP contribution in [0, 0.1) is 0 Å². The molecule has 8 heteroatoms. The largest absolute Gasteiger partial charge is 0.476 e. The molecule has 1 aliphatic heterocycles. The summed E-state index contributed by atoms with van der Waals surface area (Å²) < 4.78 is 6.84. The van der Waals surface area contributed by atoms with Gasteiger partial charge in [0.05, 0.1) is 6.33 Å². The fourth-order valence-corrected chi connectivity index (χ4v) is 1.97. The molecule has 0 aliphatic carbocycles. The molecular formula is C12H18N4O4. The minimum atomic E-state index is -1.06. The summed E-state index contributed by atoms with van der Waals surface area (Å²) in [6.45, 7) is 2.24. The van der Waals surface area contributed by atoms with Crippen molar-refractivity contribution in [2.24, 2.45) is 0 Å². The number of carboxylic acids is 1. The number of urea groups is 1. The number of carbonyl (C=O) groups excluding carboxylic acids is 1. The van der Waals surface area contributed by atoms with Crippen LogP contribution in [0.4, 0.5) is 4.79 Å². The number of hydrogen-bond acceptors (Lipinski definition) is 4. The van der Waals surface area contributed by atoms with Crippen LogP contribution in [-0.4, -0.2) is 52.5 Å². The summed E-state index contributed by atoms with van der Waals surface area (Å²) in [6, 6.07) is -0.0499. The first-order valence-electron chi connectivity index (χ1n) is 6.52. The van der Waals surface area contributed by atoms with Crippen LogP contribution < -0.4 is 10.6 Å². The summed E-state index contributed by atoms with van der Waals surface area (Å²) >= 11 is 0. The Morgan fingerprint density at radius 2 is 2.20 bits per heavy atom. The number of amides is 2. The van der Waals surface area contributed by atoms with E-state index in [1.165, 1.54) is 12.5 Å². The van der Waals surface area contributed by atoms with Gasteiger partial charge in [0.15, 0.2) is 5.69 Å². The Balaban J connectivity index is 1.66. The fourth-order valence-electron chi connectivity index (χ4n) is 1.97. The number of imidazole rings is 1. The summed E-state index contributed by atoms with van der Waals surface area (Å²) in [5, 5.41) is 14.3. The Labute approximate surface area is 116 Å². The molecule has 1 fully saturated rings. The predicted molar refractivity (Wildman–Crippen MR) is 69.6 cm³/mol. The van der Waals surface area contributed by atoms with Crippen LogP contribution in [0.2, 0.25) is 0 Å². The summed E-state index contributed by atoms with van der Waals surface area (Å²) in [4.78, 5) is 26.0. The summed E-state index contributed by atoms with van der Waals surface area (Å²) in [6.07, 6.45) is 4.52. The maximum Gasteiger partial charge on any atom is 0.356 e. The third-order valence-corrected chi connectivity index (χ3v) is 3.06. The molecule has 1 aliphatic rings. The van der Waals surface area contributed by atoms with Crippen molar-refractivity contribution in [1.29, 1.82) is 0 Å². The molecule has 2 heterocycles. The van der Waals surface area contributed by atoms with Gasteiger partial charge in [0.1, 0.15) is 0 Å². The Hall–Kier alpha value is -2.09. The Morgan fingerprint density at radius 3 is 2.85 bits per heavy atom. The fraction of sp³-hybridized carbons (Fsp3) is 0.583. The van der Waals surface area contributed by atoms with Crippen molar-refractivity contribution in [2.45, 2.75) is 25.4 Å². The summed E-state index contributed by atoms with van der Waals surface area (Å²) in [5.74, 6) is -1.06. The van der Waals surface area contributed by atoms with Gasteiger partial charge in [-0.2, -0.15) is 0 Å². The van der Waals surface area contributed by atoms with E-state index in [2.05, 4.69) is 15.6 Å². The lowest BCUT2D eigenvalue weighted by atomic mass is 10.1. The van der Waals surface area contributed by atoms with Gasteiger partial charge in [-0.15, -0.1) is 0 Å². The van der Waals surface area contributed by atoms with Gasteiger partial charge in [-0.05, 0) is 12.8 Å². The summed E-state index contributed by atoms with van der Waals surface area (Å²) in [5.41, 5.74) is -0.00310. The van der Waals surface area contributed by atoms with Crippen molar-refractivity contribution in [3.63, 3.8) is 0 Å². The molecular weight excluding hydrogens is 264 g/mol. The van der Waals surface area contributed by atoms with E-state index in [-0.39, 0.29) is 17.8 Å². The molecule has 0 saturated carbocycles. The van der Waals surface area contributed by atoms with Gasteiger partial charge in [0.2, 0.25) is 0 Å². The molecule has 3 N–H and O–H groups in total. The average Bonchev–Trinajstić information content (AvgIpc) is 2.89. The van der Waals surface area contributed by atoms with Gasteiger partial charge >= 0.3 is 12.0 Å². The van der Waals surface area contributed by atoms with Crippen LogP contribution >= 0.6 is 0 Å². The van der Waals surface area contributed by atoms with E-state index in [1.807, 2.05) is 0 Å². The van der Waals surface area contributed by atoms with Gasteiger partial charge in [0.25, 0.3) is 0 Å². The molecule has 8 nitrogen and oxygen atoms in total. The molecule has 0 radical (unpaired) electrons. The van der Waals surface area contributed by atoms with Gasteiger partial charge in [0, 0.05) is 38.5 Å². The number of aromatic carboxylic acids is 1. The number of carbonyl (C=O) groups is 2. The highest BCUT2D eigenvalue weighted by Crippen LogP contribution is 2.05. The molecule has 0 spiro atoms. The number of aromatic nitrogens is 2. The van der Waals surface area contributed by atoms with E-state index in [0.717, 1.165) is 12.8 Å². The van der Waals surface area contributed by atoms with Gasteiger partial charge < -0.3 is 25.0 Å². The van der Waals surface area contributed by atoms with E-state index < -0.39 is 5.97 Å². The number of rotatable bonds is 5. The van der Waals surface area contributed by atoms with Gasteiger partial charge in [-0.3, -0.25) is 0 Å². The maximum atomic E-state index is 11.6. The predicted octanol–water partition coefficient (Wildman–Crippen LogP) is 0.0595. The van der Waals surface area contributed by atoms with E-state index in [1.54, 1.807) is 4.57 Å². The van der Waals surface area contributed by atoms with Crippen LogP contribution in [0.15, 0.2) is 12.5 Å². The van der Waals surface area contributed by atoms with Crippen LogP contribution in [0.3, 0.4) is 0 Å². The smallest absolute Gasteiger partial charge is 0.356 e.